The molecule has 1 N–H and O–H groups in total. The minimum Gasteiger partial charge on any atom is -0.309 e. The predicted molar refractivity (Wildman–Crippen MR) is 80.9 cm³/mol. The van der Waals surface area contributed by atoms with Crippen molar-refractivity contribution in [1.29, 1.82) is 0 Å². The third-order valence-corrected chi connectivity index (χ3v) is 3.89. The number of rotatable bonds is 4. The van der Waals surface area contributed by atoms with Crippen molar-refractivity contribution in [3.8, 4) is 10.6 Å². The molecule has 0 aromatic carbocycles. The molecule has 0 fully saturated rings. The topological polar surface area (TPSA) is 72.7 Å². The first-order valence-electron chi connectivity index (χ1n) is 6.40. The number of hydrogen-bond donors (Lipinski definition) is 1. The van der Waals surface area contributed by atoms with Crippen LogP contribution in [0.3, 0.4) is 0 Å². The average molecular weight is 299 g/mol. The van der Waals surface area contributed by atoms with Gasteiger partial charge in [-0.05, 0) is 24.4 Å². The lowest BCUT2D eigenvalue weighted by Gasteiger charge is -2.12. The molecule has 0 radical (unpaired) electrons. The van der Waals surface area contributed by atoms with Gasteiger partial charge in [0.2, 0.25) is 5.91 Å². The van der Waals surface area contributed by atoms with Gasteiger partial charge in [-0.15, -0.1) is 11.3 Å². The van der Waals surface area contributed by atoms with E-state index in [9.17, 15) is 4.79 Å². The molecule has 3 aromatic rings. The third kappa shape index (κ3) is 2.97. The minimum absolute atomic E-state index is 0.172. The van der Waals surface area contributed by atoms with Gasteiger partial charge in [0.05, 0.1) is 10.6 Å². The summed E-state index contributed by atoms with van der Waals surface area (Å²) in [6.07, 6.45) is 4.84. The molecule has 0 saturated carbocycles. The standard InChI is InChI=1S/C14H13N5OS/c1-10(19-6-3-5-17-19)14(20)18-13-8-11(15-9-16-13)12-4-2-7-21-12/h2-10H,1H3,(H,15,16,18,20)/t10-/m1/s1. The van der Waals surface area contributed by atoms with E-state index < -0.39 is 6.04 Å². The fourth-order valence-corrected chi connectivity index (χ4v) is 2.54. The van der Waals surface area contributed by atoms with Crippen LogP contribution in [0.25, 0.3) is 10.6 Å². The van der Waals surface area contributed by atoms with Crippen molar-refractivity contribution in [3.05, 3.63) is 48.4 Å². The van der Waals surface area contributed by atoms with Crippen LogP contribution in [0.5, 0.6) is 0 Å². The van der Waals surface area contributed by atoms with Crippen LogP contribution >= 0.6 is 11.3 Å². The molecule has 3 aromatic heterocycles. The van der Waals surface area contributed by atoms with Gasteiger partial charge in [-0.25, -0.2) is 9.97 Å². The maximum absolute atomic E-state index is 12.2. The molecule has 7 heteroatoms. The van der Waals surface area contributed by atoms with E-state index in [4.69, 9.17) is 0 Å². The third-order valence-electron chi connectivity index (χ3n) is 2.99. The van der Waals surface area contributed by atoms with Gasteiger partial charge in [0.1, 0.15) is 18.2 Å². The van der Waals surface area contributed by atoms with Gasteiger partial charge in [-0.1, -0.05) is 6.07 Å². The van der Waals surface area contributed by atoms with Gasteiger partial charge in [0, 0.05) is 18.5 Å². The minimum atomic E-state index is -0.403. The predicted octanol–water partition coefficient (Wildman–Crippen LogP) is 2.60. The number of carbonyl (C=O) groups excluding carboxylic acids is 1. The Morgan fingerprint density at radius 3 is 3.00 bits per heavy atom. The van der Waals surface area contributed by atoms with E-state index in [0.717, 1.165) is 10.6 Å². The summed E-state index contributed by atoms with van der Waals surface area (Å²) in [5.74, 6) is 0.312. The number of amides is 1. The summed E-state index contributed by atoms with van der Waals surface area (Å²) < 4.78 is 1.59. The largest absolute Gasteiger partial charge is 0.309 e. The number of nitrogens with zero attached hydrogens (tertiary/aromatic N) is 4. The lowest BCUT2D eigenvalue weighted by molar-refractivity contribution is -0.119. The number of nitrogens with one attached hydrogen (secondary N) is 1. The molecule has 3 rings (SSSR count). The smallest absolute Gasteiger partial charge is 0.250 e. The van der Waals surface area contributed by atoms with Crippen LogP contribution < -0.4 is 5.32 Å². The van der Waals surface area contributed by atoms with Crippen LogP contribution in [-0.2, 0) is 4.79 Å². The summed E-state index contributed by atoms with van der Waals surface area (Å²) >= 11 is 1.59. The highest BCUT2D eigenvalue weighted by Crippen LogP contribution is 2.23. The van der Waals surface area contributed by atoms with Crippen LogP contribution in [0.4, 0.5) is 5.82 Å². The van der Waals surface area contributed by atoms with E-state index >= 15 is 0 Å². The van der Waals surface area contributed by atoms with E-state index in [-0.39, 0.29) is 5.91 Å². The second kappa shape index (κ2) is 5.84. The van der Waals surface area contributed by atoms with Crippen molar-refractivity contribution in [1.82, 2.24) is 19.7 Å². The summed E-state index contributed by atoms with van der Waals surface area (Å²) in [5.41, 5.74) is 0.794. The number of hydrogen-bond acceptors (Lipinski definition) is 5. The Balaban J connectivity index is 1.76. The van der Waals surface area contributed by atoms with Crippen LogP contribution in [0.15, 0.2) is 48.4 Å². The van der Waals surface area contributed by atoms with Gasteiger partial charge in [-0.3, -0.25) is 9.48 Å². The van der Waals surface area contributed by atoms with Crippen molar-refractivity contribution < 1.29 is 4.79 Å². The van der Waals surface area contributed by atoms with Crippen LogP contribution in [0.2, 0.25) is 0 Å². The molecule has 0 unspecified atom stereocenters. The normalized spacial score (nSPS) is 12.0. The molecule has 0 aliphatic rings. The summed E-state index contributed by atoms with van der Waals surface area (Å²) in [4.78, 5) is 21.5. The molecule has 21 heavy (non-hydrogen) atoms. The van der Waals surface area contributed by atoms with E-state index in [1.54, 1.807) is 47.5 Å². The highest BCUT2D eigenvalue weighted by molar-refractivity contribution is 7.13. The Hall–Kier alpha value is -2.54. The zero-order chi connectivity index (χ0) is 14.7. The molecule has 0 aliphatic heterocycles. The quantitative estimate of drug-likeness (QED) is 0.803. The van der Waals surface area contributed by atoms with Crippen LogP contribution in [-0.4, -0.2) is 25.7 Å². The number of anilines is 1. The monoisotopic (exact) mass is 299 g/mol. The molecular weight excluding hydrogens is 286 g/mol. The van der Waals surface area contributed by atoms with Crippen molar-refractivity contribution in [2.24, 2.45) is 0 Å². The average Bonchev–Trinajstić information content (AvgIpc) is 3.20. The fourth-order valence-electron chi connectivity index (χ4n) is 1.85. The van der Waals surface area contributed by atoms with Crippen LogP contribution in [0, 0.1) is 0 Å². The molecule has 1 amide bonds. The lowest BCUT2D eigenvalue weighted by atomic mass is 10.3. The Morgan fingerprint density at radius 2 is 2.29 bits per heavy atom. The van der Waals surface area contributed by atoms with Gasteiger partial charge < -0.3 is 5.32 Å². The van der Waals surface area contributed by atoms with Crippen molar-refractivity contribution in [2.75, 3.05) is 5.32 Å². The number of aromatic nitrogens is 4. The number of thiophene rings is 1. The first-order chi connectivity index (χ1) is 10.2. The number of carbonyl (C=O) groups is 1. The molecule has 6 nitrogen and oxygen atoms in total. The SMILES string of the molecule is C[C@H](C(=O)Nc1cc(-c2cccs2)ncn1)n1cccn1. The van der Waals surface area contributed by atoms with Crippen LogP contribution in [0.1, 0.15) is 13.0 Å². The highest BCUT2D eigenvalue weighted by atomic mass is 32.1. The second-order valence-corrected chi connectivity index (χ2v) is 5.36. The Bertz CT molecular complexity index is 724. The highest BCUT2D eigenvalue weighted by Gasteiger charge is 2.16. The Labute approximate surface area is 125 Å². The van der Waals surface area contributed by atoms with Crippen molar-refractivity contribution in [2.45, 2.75) is 13.0 Å². The van der Waals surface area contributed by atoms with E-state index in [2.05, 4.69) is 20.4 Å². The summed E-state index contributed by atoms with van der Waals surface area (Å²) in [5, 5.41) is 8.83. The maximum Gasteiger partial charge on any atom is 0.250 e. The van der Waals surface area contributed by atoms with E-state index in [1.165, 1.54) is 6.33 Å². The molecule has 3 heterocycles. The molecule has 1 atom stereocenters. The lowest BCUT2D eigenvalue weighted by Crippen LogP contribution is -2.24. The van der Waals surface area contributed by atoms with Gasteiger partial charge in [0.25, 0.3) is 0 Å². The van der Waals surface area contributed by atoms with Gasteiger partial charge in [0.15, 0.2) is 0 Å². The first kappa shape index (κ1) is 13.4. The molecule has 0 spiro atoms. The Kier molecular flexibility index (Phi) is 3.74. The summed E-state index contributed by atoms with van der Waals surface area (Å²) in [6.45, 7) is 1.78. The molecule has 106 valence electrons. The van der Waals surface area contributed by atoms with E-state index in [1.807, 2.05) is 17.5 Å². The first-order valence-corrected chi connectivity index (χ1v) is 7.28. The zero-order valence-electron chi connectivity index (χ0n) is 11.3. The summed E-state index contributed by atoms with van der Waals surface area (Å²) in [6, 6.07) is 7.08. The van der Waals surface area contributed by atoms with Crippen molar-refractivity contribution >= 4 is 23.1 Å². The second-order valence-electron chi connectivity index (χ2n) is 4.42. The van der Waals surface area contributed by atoms with Gasteiger partial charge >= 0.3 is 0 Å². The van der Waals surface area contributed by atoms with Crippen molar-refractivity contribution in [3.63, 3.8) is 0 Å². The Morgan fingerprint density at radius 1 is 1.38 bits per heavy atom. The maximum atomic E-state index is 12.2. The molecular formula is C14H13N5OS. The van der Waals surface area contributed by atoms with Gasteiger partial charge in [-0.2, -0.15) is 5.10 Å². The zero-order valence-corrected chi connectivity index (χ0v) is 12.1. The molecule has 0 saturated heterocycles. The molecule has 0 aliphatic carbocycles. The van der Waals surface area contributed by atoms with E-state index in [0.29, 0.717) is 5.82 Å². The fraction of sp³-hybridized carbons (Fsp3) is 0.143. The molecule has 0 bridgehead atoms. The summed E-state index contributed by atoms with van der Waals surface area (Å²) in [7, 11) is 0.